The molecule has 0 amide bonds. The Morgan fingerprint density at radius 1 is 1.35 bits per heavy atom. The maximum Gasteiger partial charge on any atom is 0.306 e. The number of rotatable bonds is 4. The molecule has 1 saturated heterocycles. The highest BCUT2D eigenvalue weighted by molar-refractivity contribution is 5.70. The molecule has 1 rings (SSSR count). The van der Waals surface area contributed by atoms with Crippen molar-refractivity contribution in [2.24, 2.45) is 17.4 Å². The lowest BCUT2D eigenvalue weighted by atomic mass is 9.97. The van der Waals surface area contributed by atoms with Gasteiger partial charge in [-0.2, -0.15) is 0 Å². The fourth-order valence-corrected chi connectivity index (χ4v) is 1.75. The van der Waals surface area contributed by atoms with Crippen molar-refractivity contribution in [3.63, 3.8) is 0 Å². The van der Waals surface area contributed by atoms with Gasteiger partial charge < -0.3 is 26.8 Å². The van der Waals surface area contributed by atoms with E-state index in [9.17, 15) is 4.79 Å². The number of hydrogen-bond donors (Lipinski definition) is 4. The normalized spacial score (nSPS) is 19.2. The van der Waals surface area contributed by atoms with Crippen LogP contribution in [0.2, 0.25) is 0 Å². The number of likely N-dealkylation sites (tertiary alicyclic amines) is 1. The van der Waals surface area contributed by atoms with Gasteiger partial charge in [0.25, 0.3) is 0 Å². The quantitative estimate of drug-likeness (QED) is 0.499. The van der Waals surface area contributed by atoms with Crippen molar-refractivity contribution in [3.8, 4) is 0 Å². The Hall–Kier alpha value is -1.85. The fourth-order valence-electron chi connectivity index (χ4n) is 1.75. The number of nitrogens with one attached hydrogen (secondary N) is 1. The van der Waals surface area contributed by atoms with Gasteiger partial charge in [-0.1, -0.05) is 0 Å². The lowest BCUT2D eigenvalue weighted by Gasteiger charge is -2.31. The molecule has 0 radical (unpaired) electrons. The third-order valence-electron chi connectivity index (χ3n) is 2.93. The van der Waals surface area contributed by atoms with E-state index in [1.54, 1.807) is 19.2 Å². The first kappa shape index (κ1) is 13.2. The molecule has 0 unspecified atom stereocenters. The molecule has 0 saturated carbocycles. The molecule has 0 spiro atoms. The van der Waals surface area contributed by atoms with Gasteiger partial charge in [-0.15, -0.1) is 0 Å². The summed E-state index contributed by atoms with van der Waals surface area (Å²) in [7, 11) is 1.73. The molecule has 1 aliphatic rings. The van der Waals surface area contributed by atoms with E-state index in [-0.39, 0.29) is 5.92 Å². The summed E-state index contributed by atoms with van der Waals surface area (Å²) in [6.45, 7) is 1.35. The summed E-state index contributed by atoms with van der Waals surface area (Å²) in [4.78, 5) is 12.8. The molecule has 0 atom stereocenters. The average Bonchev–Trinajstić information content (AvgIpc) is 2.35. The summed E-state index contributed by atoms with van der Waals surface area (Å²) >= 11 is 0. The smallest absolute Gasteiger partial charge is 0.306 e. The van der Waals surface area contributed by atoms with Gasteiger partial charge in [0.2, 0.25) is 0 Å². The first-order chi connectivity index (χ1) is 8.04. The van der Waals surface area contributed by atoms with E-state index >= 15 is 0 Å². The van der Waals surface area contributed by atoms with Crippen molar-refractivity contribution in [1.82, 2.24) is 10.2 Å². The molecule has 1 heterocycles. The highest BCUT2D eigenvalue weighted by Crippen LogP contribution is 2.18. The van der Waals surface area contributed by atoms with Crippen LogP contribution in [0.3, 0.4) is 0 Å². The van der Waals surface area contributed by atoms with Crippen LogP contribution in [-0.2, 0) is 4.79 Å². The number of nitrogens with zero attached hydrogens (tertiary/aromatic N) is 1. The lowest BCUT2D eigenvalue weighted by Crippen LogP contribution is -2.38. The van der Waals surface area contributed by atoms with Crippen molar-refractivity contribution < 1.29 is 9.90 Å². The van der Waals surface area contributed by atoms with E-state index in [0.717, 1.165) is 0 Å². The van der Waals surface area contributed by atoms with Gasteiger partial charge in [-0.3, -0.25) is 4.79 Å². The van der Waals surface area contributed by atoms with Crippen LogP contribution < -0.4 is 16.8 Å². The summed E-state index contributed by atoms with van der Waals surface area (Å²) in [6, 6.07) is 0. The largest absolute Gasteiger partial charge is 0.481 e. The predicted octanol–water partition coefficient (Wildman–Crippen LogP) is -0.397. The molecule has 0 aromatic heterocycles. The van der Waals surface area contributed by atoms with Gasteiger partial charge >= 0.3 is 5.97 Å². The van der Waals surface area contributed by atoms with E-state index in [1.807, 2.05) is 4.90 Å². The number of allylic oxidation sites excluding steroid dienone is 2. The monoisotopic (exact) mass is 240 g/mol. The van der Waals surface area contributed by atoms with Crippen LogP contribution in [0, 0.1) is 5.92 Å². The minimum atomic E-state index is -0.716. The molecule has 0 bridgehead atoms. The summed E-state index contributed by atoms with van der Waals surface area (Å²) < 4.78 is 0. The topological polar surface area (TPSA) is 105 Å². The van der Waals surface area contributed by atoms with Gasteiger partial charge in [-0.05, 0) is 25.0 Å². The number of carboxylic acid groups (broad SMARTS) is 1. The highest BCUT2D eigenvalue weighted by atomic mass is 16.4. The molecule has 17 heavy (non-hydrogen) atoms. The minimum absolute atomic E-state index is 0.239. The van der Waals surface area contributed by atoms with E-state index in [1.165, 1.54) is 0 Å². The third-order valence-corrected chi connectivity index (χ3v) is 2.93. The van der Waals surface area contributed by atoms with Crippen LogP contribution in [0.4, 0.5) is 0 Å². The van der Waals surface area contributed by atoms with Crippen LogP contribution in [0.1, 0.15) is 12.8 Å². The van der Waals surface area contributed by atoms with Crippen molar-refractivity contribution in [3.05, 3.63) is 23.8 Å². The summed E-state index contributed by atoms with van der Waals surface area (Å²) in [5.74, 6) is 0.198. The Balaban J connectivity index is 2.51. The second-order valence-corrected chi connectivity index (χ2v) is 4.06. The van der Waals surface area contributed by atoms with Gasteiger partial charge in [0.05, 0.1) is 17.6 Å². The van der Waals surface area contributed by atoms with Crippen molar-refractivity contribution in [2.75, 3.05) is 20.1 Å². The van der Waals surface area contributed by atoms with Crippen molar-refractivity contribution in [1.29, 1.82) is 0 Å². The van der Waals surface area contributed by atoms with Gasteiger partial charge in [0.1, 0.15) is 0 Å². The molecule has 1 aliphatic heterocycles. The Kier molecular flexibility index (Phi) is 4.68. The molecule has 6 heteroatoms. The maximum absolute atomic E-state index is 10.8. The second kappa shape index (κ2) is 6.03. The van der Waals surface area contributed by atoms with Crippen LogP contribution in [0.15, 0.2) is 23.8 Å². The van der Waals surface area contributed by atoms with Gasteiger partial charge in [-0.25, -0.2) is 0 Å². The Bertz CT molecular complexity index is 330. The van der Waals surface area contributed by atoms with E-state index in [4.69, 9.17) is 16.6 Å². The Morgan fingerprint density at radius 3 is 2.41 bits per heavy atom. The molecule has 0 aliphatic carbocycles. The lowest BCUT2D eigenvalue weighted by molar-refractivity contribution is -0.143. The first-order valence-electron chi connectivity index (χ1n) is 5.63. The molecule has 6 nitrogen and oxygen atoms in total. The molecule has 0 aromatic carbocycles. The number of carboxylic acids is 1. The van der Waals surface area contributed by atoms with Crippen molar-refractivity contribution in [2.45, 2.75) is 12.8 Å². The van der Waals surface area contributed by atoms with Crippen LogP contribution >= 0.6 is 0 Å². The zero-order chi connectivity index (χ0) is 12.8. The van der Waals surface area contributed by atoms with E-state index < -0.39 is 5.97 Å². The third kappa shape index (κ3) is 3.90. The first-order valence-corrected chi connectivity index (χ1v) is 5.63. The number of hydrogen-bond acceptors (Lipinski definition) is 5. The number of piperidine rings is 1. The van der Waals surface area contributed by atoms with Gasteiger partial charge in [0, 0.05) is 20.1 Å². The zero-order valence-corrected chi connectivity index (χ0v) is 10.0. The standard InChI is InChI=1S/C11H20N4O2/c1-14-9(12)2-3-10(13)15-6-4-8(5-7-15)11(16)17/h2-3,8,14H,4-7,12-13H2,1H3,(H,16,17)/b9-2+,10-3+. The molecular formula is C11H20N4O2. The van der Waals surface area contributed by atoms with Crippen molar-refractivity contribution >= 4 is 5.97 Å². The Morgan fingerprint density at radius 2 is 1.94 bits per heavy atom. The molecular weight excluding hydrogens is 220 g/mol. The molecule has 1 fully saturated rings. The number of nitrogens with two attached hydrogens (primary N) is 2. The summed E-state index contributed by atoms with van der Waals surface area (Å²) in [6.07, 6.45) is 4.69. The number of carbonyl (C=O) groups is 1. The molecule has 0 aromatic rings. The average molecular weight is 240 g/mol. The zero-order valence-electron chi connectivity index (χ0n) is 10.0. The maximum atomic E-state index is 10.8. The SMILES string of the molecule is CN/C(N)=C/C=C(\N)N1CCC(C(=O)O)CC1. The number of aliphatic carboxylic acids is 1. The molecule has 6 N–H and O–H groups in total. The van der Waals surface area contributed by atoms with Crippen LogP contribution in [-0.4, -0.2) is 36.1 Å². The fraction of sp³-hybridized carbons (Fsp3) is 0.545. The Labute approximate surface area is 101 Å². The minimum Gasteiger partial charge on any atom is -0.481 e. The summed E-state index contributed by atoms with van der Waals surface area (Å²) in [5, 5.41) is 11.7. The van der Waals surface area contributed by atoms with E-state index in [2.05, 4.69) is 5.32 Å². The van der Waals surface area contributed by atoms with Gasteiger partial charge in [0.15, 0.2) is 0 Å². The predicted molar refractivity (Wildman–Crippen MR) is 65.5 cm³/mol. The van der Waals surface area contributed by atoms with E-state index in [0.29, 0.717) is 37.6 Å². The molecule has 96 valence electrons. The highest BCUT2D eigenvalue weighted by Gasteiger charge is 2.24. The van der Waals surface area contributed by atoms with Crippen LogP contribution in [0.25, 0.3) is 0 Å². The summed E-state index contributed by atoms with van der Waals surface area (Å²) in [5.41, 5.74) is 11.5. The second-order valence-electron chi connectivity index (χ2n) is 4.06. The van der Waals surface area contributed by atoms with Crippen LogP contribution in [0.5, 0.6) is 0 Å².